The van der Waals surface area contributed by atoms with E-state index in [4.69, 9.17) is 0 Å². The molecular weight excluding hydrogens is 408 g/mol. The van der Waals surface area contributed by atoms with Crippen LogP contribution < -0.4 is 10.9 Å². The fourth-order valence-electron chi connectivity index (χ4n) is 3.14. The van der Waals surface area contributed by atoms with E-state index in [-0.39, 0.29) is 28.3 Å². The zero-order valence-electron chi connectivity index (χ0n) is 16.5. The van der Waals surface area contributed by atoms with Crippen LogP contribution in [0.5, 0.6) is 5.75 Å². The molecule has 0 aliphatic rings. The summed E-state index contributed by atoms with van der Waals surface area (Å²) in [6, 6.07) is 10.5. The van der Waals surface area contributed by atoms with Crippen LogP contribution in [0.15, 0.2) is 52.2 Å². The van der Waals surface area contributed by atoms with Crippen molar-refractivity contribution in [2.45, 2.75) is 25.2 Å². The van der Waals surface area contributed by atoms with Crippen molar-refractivity contribution in [3.8, 4) is 5.75 Å². The topological polar surface area (TPSA) is 132 Å². The number of nitrogens with one attached hydrogen (secondary N) is 2. The van der Waals surface area contributed by atoms with E-state index in [0.29, 0.717) is 29.6 Å². The van der Waals surface area contributed by atoms with Crippen molar-refractivity contribution in [1.82, 2.24) is 14.5 Å². The number of amides is 1. The van der Waals surface area contributed by atoms with E-state index in [0.717, 1.165) is 0 Å². The fourth-order valence-corrected chi connectivity index (χ4v) is 4.63. The minimum Gasteiger partial charge on any atom is -0.506 e. The summed E-state index contributed by atoms with van der Waals surface area (Å²) >= 11 is 0. The van der Waals surface area contributed by atoms with E-state index in [2.05, 4.69) is 15.5 Å². The third-order valence-corrected chi connectivity index (χ3v) is 6.73. The van der Waals surface area contributed by atoms with Crippen molar-refractivity contribution in [3.63, 3.8) is 0 Å². The van der Waals surface area contributed by atoms with Gasteiger partial charge in [0.25, 0.3) is 5.56 Å². The number of carbonyl (C=O) groups is 1. The highest BCUT2D eigenvalue weighted by molar-refractivity contribution is 7.89. The summed E-state index contributed by atoms with van der Waals surface area (Å²) in [5.41, 5.74) is -0.0298. The maximum absolute atomic E-state index is 12.7. The number of carbonyl (C=O) groups excluding carboxylic acids is 1. The van der Waals surface area contributed by atoms with Gasteiger partial charge in [0.2, 0.25) is 15.9 Å². The van der Waals surface area contributed by atoms with Gasteiger partial charge in [-0.25, -0.2) is 13.5 Å². The normalized spacial score (nSPS) is 11.7. The number of aromatic hydroxyl groups is 1. The lowest BCUT2D eigenvalue weighted by molar-refractivity contribution is -0.115. The summed E-state index contributed by atoms with van der Waals surface area (Å²) < 4.78 is 26.7. The van der Waals surface area contributed by atoms with Crippen molar-refractivity contribution in [1.29, 1.82) is 0 Å². The SMILES string of the molecule is CCN(CC)S(=O)(=O)c1ccc(O)c(NC(=O)Cc2n[nH]c(=O)c3ccccc23)c1. The lowest BCUT2D eigenvalue weighted by atomic mass is 10.1. The van der Waals surface area contributed by atoms with Crippen LogP contribution in [0, 0.1) is 0 Å². The second kappa shape index (κ2) is 8.64. The average Bonchev–Trinajstić information content (AvgIpc) is 2.72. The molecule has 0 radical (unpaired) electrons. The van der Waals surface area contributed by atoms with Gasteiger partial charge in [0, 0.05) is 18.5 Å². The molecule has 0 spiro atoms. The highest BCUT2D eigenvalue weighted by Crippen LogP contribution is 2.28. The number of phenolic OH excluding ortho intramolecular Hbond substituents is 1. The van der Waals surface area contributed by atoms with Gasteiger partial charge in [-0.15, -0.1) is 0 Å². The Bertz CT molecular complexity index is 1250. The summed E-state index contributed by atoms with van der Waals surface area (Å²) in [4.78, 5) is 24.4. The highest BCUT2D eigenvalue weighted by atomic mass is 32.2. The Labute approximate surface area is 173 Å². The van der Waals surface area contributed by atoms with Crippen LogP contribution in [0.25, 0.3) is 10.8 Å². The Morgan fingerprint density at radius 2 is 1.80 bits per heavy atom. The minimum absolute atomic E-state index is 0.0260. The highest BCUT2D eigenvalue weighted by Gasteiger charge is 2.23. The fraction of sp³-hybridized carbons (Fsp3) is 0.250. The van der Waals surface area contributed by atoms with Crippen LogP contribution in [0.4, 0.5) is 5.69 Å². The number of anilines is 1. The molecule has 1 heterocycles. The lowest BCUT2D eigenvalue weighted by Gasteiger charge is -2.19. The van der Waals surface area contributed by atoms with Crippen molar-refractivity contribution in [2.24, 2.45) is 0 Å². The van der Waals surface area contributed by atoms with Crippen molar-refractivity contribution in [2.75, 3.05) is 18.4 Å². The molecule has 0 atom stereocenters. The summed E-state index contributed by atoms with van der Waals surface area (Å²) in [6.07, 6.45) is -0.177. The van der Waals surface area contributed by atoms with Crippen LogP contribution >= 0.6 is 0 Å². The number of rotatable bonds is 7. The second-order valence-corrected chi connectivity index (χ2v) is 8.48. The van der Waals surface area contributed by atoms with Crippen LogP contribution in [0.3, 0.4) is 0 Å². The maximum Gasteiger partial charge on any atom is 0.272 e. The molecule has 2 aromatic carbocycles. The van der Waals surface area contributed by atoms with Crippen LogP contribution in [-0.4, -0.2) is 47.0 Å². The van der Waals surface area contributed by atoms with Crippen molar-refractivity contribution >= 4 is 32.4 Å². The molecular formula is C20H22N4O5S. The van der Waals surface area contributed by atoms with Crippen LogP contribution in [0.2, 0.25) is 0 Å². The quantitative estimate of drug-likeness (QED) is 0.490. The third kappa shape index (κ3) is 4.19. The lowest BCUT2D eigenvalue weighted by Crippen LogP contribution is -2.30. The van der Waals surface area contributed by atoms with Gasteiger partial charge >= 0.3 is 0 Å². The Morgan fingerprint density at radius 1 is 1.13 bits per heavy atom. The van der Waals surface area contributed by atoms with Crippen molar-refractivity contribution in [3.05, 3.63) is 58.5 Å². The number of phenols is 1. The number of aromatic amines is 1. The molecule has 0 fully saturated rings. The Kier molecular flexibility index (Phi) is 6.18. The zero-order valence-corrected chi connectivity index (χ0v) is 17.4. The average molecular weight is 430 g/mol. The molecule has 0 aliphatic carbocycles. The molecule has 158 valence electrons. The molecule has 3 aromatic rings. The number of fused-ring (bicyclic) bond motifs is 1. The van der Waals surface area contributed by atoms with Crippen LogP contribution in [0.1, 0.15) is 19.5 Å². The Balaban J connectivity index is 1.88. The predicted octanol–water partition coefficient (Wildman–Crippen LogP) is 1.84. The van der Waals surface area contributed by atoms with E-state index in [1.165, 1.54) is 22.5 Å². The molecule has 0 saturated carbocycles. The molecule has 0 aliphatic heterocycles. The van der Waals surface area contributed by atoms with E-state index in [1.54, 1.807) is 38.1 Å². The zero-order chi connectivity index (χ0) is 21.9. The number of H-pyrrole nitrogens is 1. The molecule has 10 heteroatoms. The first-order valence-corrected chi connectivity index (χ1v) is 10.8. The number of benzene rings is 2. The molecule has 3 rings (SSSR count). The van der Waals surface area contributed by atoms with Gasteiger partial charge in [0.1, 0.15) is 5.75 Å². The number of nitrogens with zero attached hydrogens (tertiary/aromatic N) is 2. The van der Waals surface area contributed by atoms with Crippen molar-refractivity contribution < 1.29 is 18.3 Å². The number of hydrogen-bond donors (Lipinski definition) is 3. The second-order valence-electron chi connectivity index (χ2n) is 6.54. The molecule has 1 aromatic heterocycles. The molecule has 0 unspecified atom stereocenters. The minimum atomic E-state index is -3.75. The first-order valence-electron chi connectivity index (χ1n) is 9.37. The molecule has 9 nitrogen and oxygen atoms in total. The molecule has 3 N–H and O–H groups in total. The number of sulfonamides is 1. The summed E-state index contributed by atoms with van der Waals surface area (Å²) in [5.74, 6) is -0.784. The monoisotopic (exact) mass is 430 g/mol. The van der Waals surface area contributed by atoms with Gasteiger partial charge in [0.15, 0.2) is 0 Å². The largest absolute Gasteiger partial charge is 0.506 e. The molecule has 0 saturated heterocycles. The van der Waals surface area contributed by atoms with Gasteiger partial charge < -0.3 is 10.4 Å². The summed E-state index contributed by atoms with van der Waals surface area (Å²) in [6.45, 7) is 4.05. The van der Waals surface area contributed by atoms with Gasteiger partial charge in [0.05, 0.1) is 28.1 Å². The molecule has 30 heavy (non-hydrogen) atoms. The van der Waals surface area contributed by atoms with E-state index >= 15 is 0 Å². The third-order valence-electron chi connectivity index (χ3n) is 4.69. The summed E-state index contributed by atoms with van der Waals surface area (Å²) in [5, 5.41) is 19.9. The molecule has 1 amide bonds. The Hall–Kier alpha value is -3.24. The maximum atomic E-state index is 12.7. The molecule has 0 bridgehead atoms. The smallest absolute Gasteiger partial charge is 0.272 e. The number of aromatic nitrogens is 2. The van der Waals surface area contributed by atoms with E-state index in [9.17, 15) is 23.1 Å². The van der Waals surface area contributed by atoms with E-state index < -0.39 is 15.9 Å². The Morgan fingerprint density at radius 3 is 2.47 bits per heavy atom. The van der Waals surface area contributed by atoms with Gasteiger partial charge in [-0.1, -0.05) is 32.0 Å². The number of hydrogen-bond acceptors (Lipinski definition) is 6. The first-order chi connectivity index (χ1) is 14.3. The first kappa shape index (κ1) is 21.5. The van der Waals surface area contributed by atoms with Gasteiger partial charge in [-0.2, -0.15) is 9.40 Å². The predicted molar refractivity (Wildman–Crippen MR) is 113 cm³/mol. The van der Waals surface area contributed by atoms with Crippen LogP contribution in [-0.2, 0) is 21.2 Å². The van der Waals surface area contributed by atoms with Gasteiger partial charge in [-0.05, 0) is 24.3 Å². The van der Waals surface area contributed by atoms with Gasteiger partial charge in [-0.3, -0.25) is 9.59 Å². The van der Waals surface area contributed by atoms with E-state index in [1.807, 2.05) is 0 Å². The standard InChI is InChI=1S/C20H22N4O5S/c1-3-24(4-2)30(28,29)13-9-10-18(25)17(11-13)21-19(26)12-16-14-7-5-6-8-15(14)20(27)23-22-16/h5-11,25H,3-4,12H2,1-2H3,(H,21,26)(H,23,27). The summed E-state index contributed by atoms with van der Waals surface area (Å²) in [7, 11) is -3.75.